The van der Waals surface area contributed by atoms with Crippen molar-refractivity contribution in [3.05, 3.63) is 40.4 Å². The van der Waals surface area contributed by atoms with E-state index in [1.54, 1.807) is 36.7 Å². The molecule has 2 aromatic heterocycles. The number of hydrogen-bond acceptors (Lipinski definition) is 5. The van der Waals surface area contributed by atoms with Gasteiger partial charge >= 0.3 is 0 Å². The van der Waals surface area contributed by atoms with Crippen LogP contribution < -0.4 is 4.74 Å². The van der Waals surface area contributed by atoms with Gasteiger partial charge in [-0.2, -0.15) is 4.31 Å². The number of hydrogen-bond donors (Lipinski definition) is 0. The highest BCUT2D eigenvalue weighted by Crippen LogP contribution is 2.30. The van der Waals surface area contributed by atoms with Gasteiger partial charge in [0.25, 0.3) is 10.0 Å². The van der Waals surface area contributed by atoms with Crippen LogP contribution in [0.1, 0.15) is 6.42 Å². The van der Waals surface area contributed by atoms with E-state index in [0.717, 1.165) is 3.79 Å². The first-order valence-electron chi connectivity index (χ1n) is 6.38. The van der Waals surface area contributed by atoms with Gasteiger partial charge in [0.1, 0.15) is 16.1 Å². The summed E-state index contributed by atoms with van der Waals surface area (Å²) in [6.07, 6.45) is 3.88. The van der Waals surface area contributed by atoms with Crippen molar-refractivity contribution in [3.63, 3.8) is 0 Å². The quantitative estimate of drug-likeness (QED) is 0.807. The summed E-state index contributed by atoms with van der Waals surface area (Å²) in [5.41, 5.74) is 0. The number of pyridine rings is 1. The third kappa shape index (κ3) is 3.28. The van der Waals surface area contributed by atoms with Crippen LogP contribution in [0.15, 0.2) is 44.7 Å². The second-order valence-electron chi connectivity index (χ2n) is 4.63. The fourth-order valence-electron chi connectivity index (χ4n) is 2.19. The van der Waals surface area contributed by atoms with E-state index in [2.05, 4.69) is 20.9 Å². The van der Waals surface area contributed by atoms with Crippen LogP contribution in [0, 0.1) is 0 Å². The lowest BCUT2D eigenvalue weighted by molar-refractivity contribution is 0.215. The standard InChI is InChI=1S/C13H13BrN2O3S2/c14-12-1-2-13(20-12)21(17,18)16-8-5-11(9-16)19-10-3-6-15-7-4-10/h1-4,6-7,11H,5,8-9H2/t11-/m0/s1. The van der Waals surface area contributed by atoms with Crippen molar-refractivity contribution < 1.29 is 13.2 Å². The number of ether oxygens (including phenoxy) is 1. The van der Waals surface area contributed by atoms with E-state index in [-0.39, 0.29) is 6.10 Å². The molecule has 3 rings (SSSR count). The molecule has 1 atom stereocenters. The smallest absolute Gasteiger partial charge is 0.252 e. The highest BCUT2D eigenvalue weighted by molar-refractivity contribution is 9.11. The maximum atomic E-state index is 12.5. The molecule has 1 saturated heterocycles. The highest BCUT2D eigenvalue weighted by atomic mass is 79.9. The van der Waals surface area contributed by atoms with Gasteiger partial charge in [-0.05, 0) is 46.6 Å². The van der Waals surface area contributed by atoms with Gasteiger partial charge in [0.15, 0.2) is 0 Å². The molecule has 0 radical (unpaired) electrons. The molecular formula is C13H13BrN2O3S2. The van der Waals surface area contributed by atoms with Crippen LogP contribution in [0.3, 0.4) is 0 Å². The van der Waals surface area contributed by atoms with Crippen LogP contribution in [0.5, 0.6) is 5.75 Å². The summed E-state index contributed by atoms with van der Waals surface area (Å²) >= 11 is 4.52. The Bertz CT molecular complexity index is 718. The fraction of sp³-hybridized carbons (Fsp3) is 0.308. The Hall–Kier alpha value is -0.960. The van der Waals surface area contributed by atoms with E-state index in [9.17, 15) is 8.42 Å². The van der Waals surface area contributed by atoms with Crippen LogP contribution in [-0.4, -0.2) is 36.9 Å². The van der Waals surface area contributed by atoms with Crippen LogP contribution in [-0.2, 0) is 10.0 Å². The minimum Gasteiger partial charge on any atom is -0.489 e. The lowest BCUT2D eigenvalue weighted by Gasteiger charge is -2.16. The minimum atomic E-state index is -3.41. The van der Waals surface area contributed by atoms with Crippen molar-refractivity contribution in [1.82, 2.24) is 9.29 Å². The second kappa shape index (κ2) is 6.04. The molecule has 0 aliphatic carbocycles. The summed E-state index contributed by atoms with van der Waals surface area (Å²) in [7, 11) is -3.41. The molecule has 21 heavy (non-hydrogen) atoms. The molecule has 0 unspecified atom stereocenters. The Balaban J connectivity index is 1.69. The minimum absolute atomic E-state index is 0.120. The molecule has 0 saturated carbocycles. The Morgan fingerprint density at radius 1 is 1.29 bits per heavy atom. The van der Waals surface area contributed by atoms with Crippen LogP contribution >= 0.6 is 27.3 Å². The average molecular weight is 389 g/mol. The largest absolute Gasteiger partial charge is 0.489 e. The van der Waals surface area contributed by atoms with Gasteiger partial charge in [-0.15, -0.1) is 11.3 Å². The average Bonchev–Trinajstić information content (AvgIpc) is 3.10. The molecule has 0 spiro atoms. The summed E-state index contributed by atoms with van der Waals surface area (Å²) in [5.74, 6) is 0.716. The lowest BCUT2D eigenvalue weighted by Crippen LogP contribution is -2.30. The zero-order chi connectivity index (χ0) is 14.9. The molecule has 0 N–H and O–H groups in total. The van der Waals surface area contributed by atoms with Crippen LogP contribution in [0.4, 0.5) is 0 Å². The van der Waals surface area contributed by atoms with E-state index >= 15 is 0 Å². The lowest BCUT2D eigenvalue weighted by atomic mass is 10.3. The molecule has 0 amide bonds. The number of thiophene rings is 1. The number of halogens is 1. The first kappa shape index (κ1) is 15.0. The molecule has 0 bridgehead atoms. The number of sulfonamides is 1. The molecule has 5 nitrogen and oxygen atoms in total. The maximum absolute atomic E-state index is 12.5. The SMILES string of the molecule is O=S(=O)(c1ccc(Br)s1)N1CC[C@H](Oc2ccncc2)C1. The maximum Gasteiger partial charge on any atom is 0.252 e. The van der Waals surface area contributed by atoms with Gasteiger partial charge in [0.2, 0.25) is 0 Å². The molecular weight excluding hydrogens is 376 g/mol. The third-order valence-corrected chi connectivity index (χ3v) is 7.16. The van der Waals surface area contributed by atoms with Crippen molar-refractivity contribution in [2.75, 3.05) is 13.1 Å². The summed E-state index contributed by atoms with van der Waals surface area (Å²) in [4.78, 5) is 3.93. The van der Waals surface area contributed by atoms with Gasteiger partial charge < -0.3 is 4.74 Å². The molecule has 1 aliphatic rings. The van der Waals surface area contributed by atoms with Crippen molar-refractivity contribution in [1.29, 1.82) is 0 Å². The summed E-state index contributed by atoms with van der Waals surface area (Å²) < 4.78 is 33.4. The van der Waals surface area contributed by atoms with Gasteiger partial charge in [-0.3, -0.25) is 4.98 Å². The van der Waals surface area contributed by atoms with Crippen LogP contribution in [0.25, 0.3) is 0 Å². The number of aromatic nitrogens is 1. The summed E-state index contributed by atoms with van der Waals surface area (Å²) in [6, 6.07) is 6.92. The molecule has 2 aromatic rings. The third-order valence-electron chi connectivity index (χ3n) is 3.20. The van der Waals surface area contributed by atoms with E-state index in [1.165, 1.54) is 15.6 Å². The normalized spacial score (nSPS) is 19.8. The molecule has 8 heteroatoms. The molecule has 112 valence electrons. The first-order chi connectivity index (χ1) is 10.1. The number of rotatable bonds is 4. The topological polar surface area (TPSA) is 59.5 Å². The Kier molecular flexibility index (Phi) is 4.30. The zero-order valence-corrected chi connectivity index (χ0v) is 14.2. The van der Waals surface area contributed by atoms with Crippen LogP contribution in [0.2, 0.25) is 0 Å². The van der Waals surface area contributed by atoms with Crippen molar-refractivity contribution in [2.45, 2.75) is 16.7 Å². The van der Waals surface area contributed by atoms with E-state index in [4.69, 9.17) is 4.74 Å². The molecule has 1 fully saturated rings. The predicted octanol–water partition coefficient (Wildman–Crippen LogP) is 2.75. The Morgan fingerprint density at radius 2 is 2.05 bits per heavy atom. The van der Waals surface area contributed by atoms with Gasteiger partial charge in [-0.25, -0.2) is 8.42 Å². The zero-order valence-electron chi connectivity index (χ0n) is 11.0. The predicted molar refractivity (Wildman–Crippen MR) is 84.0 cm³/mol. The molecule has 3 heterocycles. The van der Waals surface area contributed by atoms with Gasteiger partial charge in [0.05, 0.1) is 10.3 Å². The van der Waals surface area contributed by atoms with Crippen molar-refractivity contribution >= 4 is 37.3 Å². The summed E-state index contributed by atoms with van der Waals surface area (Å²) in [5, 5.41) is 0. The molecule has 1 aliphatic heterocycles. The fourth-order valence-corrected chi connectivity index (χ4v) is 5.84. The Morgan fingerprint density at radius 3 is 2.71 bits per heavy atom. The molecule has 0 aromatic carbocycles. The first-order valence-corrected chi connectivity index (χ1v) is 9.43. The van der Waals surface area contributed by atoms with E-state index < -0.39 is 10.0 Å². The Labute approximate surface area is 135 Å². The summed E-state index contributed by atoms with van der Waals surface area (Å²) in [6.45, 7) is 0.855. The van der Waals surface area contributed by atoms with Crippen molar-refractivity contribution in [3.8, 4) is 5.75 Å². The van der Waals surface area contributed by atoms with Crippen molar-refractivity contribution in [2.24, 2.45) is 0 Å². The van der Waals surface area contributed by atoms with Gasteiger partial charge in [0, 0.05) is 18.9 Å². The monoisotopic (exact) mass is 388 g/mol. The van der Waals surface area contributed by atoms with Gasteiger partial charge in [-0.1, -0.05) is 0 Å². The van der Waals surface area contributed by atoms with E-state index in [0.29, 0.717) is 29.5 Å². The highest BCUT2D eigenvalue weighted by Gasteiger charge is 2.34. The van der Waals surface area contributed by atoms with E-state index in [1.807, 2.05) is 0 Å². The second-order valence-corrected chi connectivity index (χ2v) is 9.26. The number of nitrogens with zero attached hydrogens (tertiary/aromatic N) is 2.